The van der Waals surface area contributed by atoms with Crippen molar-refractivity contribution < 1.29 is 0 Å². The molecule has 0 fully saturated rings. The Kier molecular flexibility index (Phi) is 3.84. The fourth-order valence-corrected chi connectivity index (χ4v) is 4.92. The van der Waals surface area contributed by atoms with Crippen LogP contribution in [0.4, 0.5) is 0 Å². The Labute approximate surface area is 190 Å². The first kappa shape index (κ1) is 18.1. The molecule has 0 saturated carbocycles. The minimum atomic E-state index is 0.994. The summed E-state index contributed by atoms with van der Waals surface area (Å²) in [6.45, 7) is 0. The molecule has 154 valence electrons. The quantitative estimate of drug-likeness (QED) is 0.289. The van der Waals surface area contributed by atoms with Gasteiger partial charge in [-0.2, -0.15) is 0 Å². The van der Waals surface area contributed by atoms with Crippen molar-refractivity contribution in [1.82, 2.24) is 14.4 Å². The number of nitrogens with zero attached hydrogens (tertiary/aromatic N) is 3. The highest BCUT2D eigenvalue weighted by atomic mass is 14.9. The zero-order valence-corrected chi connectivity index (χ0v) is 17.8. The molecular weight excluding hydrogens is 402 g/mol. The van der Waals surface area contributed by atoms with E-state index in [0.717, 1.165) is 38.6 Å². The predicted octanol–water partition coefficient (Wildman–Crippen LogP) is 7.52. The Balaban J connectivity index is 1.50. The fourth-order valence-electron chi connectivity index (χ4n) is 4.92. The van der Waals surface area contributed by atoms with Crippen molar-refractivity contribution in [3.05, 3.63) is 116 Å². The minimum Gasteiger partial charge on any atom is -0.306 e. The summed E-state index contributed by atoms with van der Waals surface area (Å²) in [4.78, 5) is 9.44. The molecule has 33 heavy (non-hydrogen) atoms. The van der Waals surface area contributed by atoms with Crippen molar-refractivity contribution in [2.24, 2.45) is 0 Å². The maximum atomic E-state index is 4.77. The lowest BCUT2D eigenvalue weighted by molar-refractivity contribution is 1.27. The second-order valence-electron chi connectivity index (χ2n) is 8.36. The van der Waals surface area contributed by atoms with Crippen LogP contribution in [0.5, 0.6) is 0 Å². The van der Waals surface area contributed by atoms with Gasteiger partial charge in [-0.05, 0) is 47.5 Å². The Morgan fingerprint density at radius 3 is 2.15 bits per heavy atom. The maximum Gasteiger partial charge on any atom is 0.0871 e. The van der Waals surface area contributed by atoms with Gasteiger partial charge in [-0.1, -0.05) is 66.7 Å². The van der Waals surface area contributed by atoms with E-state index in [-0.39, 0.29) is 0 Å². The molecule has 0 saturated heterocycles. The van der Waals surface area contributed by atoms with Crippen molar-refractivity contribution in [2.45, 2.75) is 0 Å². The molecule has 0 aliphatic carbocycles. The van der Waals surface area contributed by atoms with E-state index in [9.17, 15) is 0 Å². The van der Waals surface area contributed by atoms with Gasteiger partial charge in [-0.3, -0.25) is 9.97 Å². The van der Waals surface area contributed by atoms with E-state index in [1.807, 2.05) is 30.6 Å². The van der Waals surface area contributed by atoms with Gasteiger partial charge in [-0.15, -0.1) is 0 Å². The molecular formula is C30H19N3. The van der Waals surface area contributed by atoms with Gasteiger partial charge in [0.15, 0.2) is 0 Å². The molecule has 0 radical (unpaired) electrons. The van der Waals surface area contributed by atoms with Crippen LogP contribution in [0, 0.1) is 0 Å². The first-order chi connectivity index (χ1) is 16.4. The molecule has 3 nitrogen and oxygen atoms in total. The zero-order chi connectivity index (χ0) is 21.8. The average Bonchev–Trinajstić information content (AvgIpc) is 3.23. The standard InChI is InChI=1S/C30H19N3/c1-3-12-25-21(8-1)17-23(18-31-25)20-9-7-10-22(16-20)30-24-11-2-5-14-27(24)33-28-15-6-4-13-26(28)32-19-29(30)33/h1-19H. The number of benzene rings is 4. The monoisotopic (exact) mass is 421 g/mol. The molecule has 0 bridgehead atoms. The van der Waals surface area contributed by atoms with Crippen molar-refractivity contribution in [2.75, 3.05) is 0 Å². The molecule has 0 amide bonds. The topological polar surface area (TPSA) is 30.2 Å². The molecule has 4 aromatic carbocycles. The molecule has 0 unspecified atom stereocenters. The van der Waals surface area contributed by atoms with Crippen LogP contribution < -0.4 is 0 Å². The number of rotatable bonds is 2. The van der Waals surface area contributed by atoms with Gasteiger partial charge in [0.1, 0.15) is 0 Å². The van der Waals surface area contributed by atoms with Crippen LogP contribution in [-0.4, -0.2) is 14.4 Å². The molecule has 7 rings (SSSR count). The first-order valence-corrected chi connectivity index (χ1v) is 11.1. The van der Waals surface area contributed by atoms with Crippen LogP contribution in [-0.2, 0) is 0 Å². The van der Waals surface area contributed by atoms with Crippen molar-refractivity contribution in [3.8, 4) is 22.3 Å². The third-order valence-corrected chi connectivity index (χ3v) is 6.43. The van der Waals surface area contributed by atoms with Gasteiger partial charge in [-0.25, -0.2) is 0 Å². The minimum absolute atomic E-state index is 0.994. The van der Waals surface area contributed by atoms with Gasteiger partial charge in [0, 0.05) is 28.1 Å². The lowest BCUT2D eigenvalue weighted by Gasteiger charge is -2.08. The molecule has 7 aromatic rings. The summed E-state index contributed by atoms with van der Waals surface area (Å²) in [7, 11) is 0. The fraction of sp³-hybridized carbons (Fsp3) is 0. The number of para-hydroxylation sites is 4. The summed E-state index contributed by atoms with van der Waals surface area (Å²) < 4.78 is 2.33. The molecule has 0 aliphatic rings. The largest absolute Gasteiger partial charge is 0.306 e. The van der Waals surface area contributed by atoms with Crippen LogP contribution in [0.1, 0.15) is 0 Å². The SMILES string of the molecule is c1cc(-c2cnc3ccccc3c2)cc(-c2c3ccccc3n3c2cnc2ccccc23)c1. The van der Waals surface area contributed by atoms with Crippen LogP contribution in [0.2, 0.25) is 0 Å². The second kappa shape index (κ2) is 7.01. The summed E-state index contributed by atoms with van der Waals surface area (Å²) >= 11 is 0. The van der Waals surface area contributed by atoms with Gasteiger partial charge in [0.25, 0.3) is 0 Å². The first-order valence-electron chi connectivity index (χ1n) is 11.1. The van der Waals surface area contributed by atoms with E-state index in [1.165, 1.54) is 22.0 Å². The lowest BCUT2D eigenvalue weighted by atomic mass is 9.98. The van der Waals surface area contributed by atoms with E-state index in [4.69, 9.17) is 4.98 Å². The highest BCUT2D eigenvalue weighted by Crippen LogP contribution is 2.38. The van der Waals surface area contributed by atoms with Crippen LogP contribution in [0.15, 0.2) is 116 Å². The van der Waals surface area contributed by atoms with E-state index in [2.05, 4.69) is 94.3 Å². The van der Waals surface area contributed by atoms with Gasteiger partial charge < -0.3 is 4.40 Å². The van der Waals surface area contributed by atoms with Gasteiger partial charge in [0.05, 0.1) is 33.8 Å². The van der Waals surface area contributed by atoms with E-state index in [1.54, 1.807) is 0 Å². The average molecular weight is 422 g/mol. The maximum absolute atomic E-state index is 4.77. The summed E-state index contributed by atoms with van der Waals surface area (Å²) in [5, 5.41) is 2.38. The van der Waals surface area contributed by atoms with Crippen LogP contribution in [0.3, 0.4) is 0 Å². The number of hydrogen-bond acceptors (Lipinski definition) is 2. The molecule has 3 heterocycles. The summed E-state index contributed by atoms with van der Waals surface area (Å²) in [6, 6.07) is 36.1. The Hall–Kier alpha value is -4.50. The Bertz CT molecular complexity index is 1830. The highest BCUT2D eigenvalue weighted by Gasteiger charge is 2.16. The van der Waals surface area contributed by atoms with Gasteiger partial charge >= 0.3 is 0 Å². The van der Waals surface area contributed by atoms with Crippen molar-refractivity contribution in [3.63, 3.8) is 0 Å². The molecule has 3 heteroatoms. The van der Waals surface area contributed by atoms with Crippen molar-refractivity contribution >= 4 is 38.4 Å². The van der Waals surface area contributed by atoms with E-state index >= 15 is 0 Å². The van der Waals surface area contributed by atoms with E-state index in [0.29, 0.717) is 0 Å². The number of fused-ring (bicyclic) bond motifs is 6. The van der Waals surface area contributed by atoms with Crippen LogP contribution in [0.25, 0.3) is 60.6 Å². The summed E-state index contributed by atoms with van der Waals surface area (Å²) in [6.07, 6.45) is 3.97. The summed E-state index contributed by atoms with van der Waals surface area (Å²) in [5.74, 6) is 0. The normalized spacial score (nSPS) is 11.6. The molecule has 0 spiro atoms. The van der Waals surface area contributed by atoms with Crippen LogP contribution >= 0.6 is 0 Å². The smallest absolute Gasteiger partial charge is 0.0871 e. The highest BCUT2D eigenvalue weighted by molar-refractivity contribution is 6.08. The number of hydrogen-bond donors (Lipinski definition) is 0. The number of aromatic nitrogens is 3. The molecule has 0 aliphatic heterocycles. The lowest BCUT2D eigenvalue weighted by Crippen LogP contribution is -1.90. The Morgan fingerprint density at radius 1 is 0.485 bits per heavy atom. The van der Waals surface area contributed by atoms with Crippen molar-refractivity contribution in [1.29, 1.82) is 0 Å². The summed E-state index contributed by atoms with van der Waals surface area (Å²) in [5.41, 5.74) is 10.1. The number of pyridine rings is 1. The third-order valence-electron chi connectivity index (χ3n) is 6.43. The Morgan fingerprint density at radius 2 is 1.21 bits per heavy atom. The second-order valence-corrected chi connectivity index (χ2v) is 8.36. The third kappa shape index (κ3) is 2.76. The molecule has 0 N–H and O–H groups in total. The molecule has 3 aromatic heterocycles. The zero-order valence-electron chi connectivity index (χ0n) is 17.8. The van der Waals surface area contributed by atoms with Gasteiger partial charge in [0.2, 0.25) is 0 Å². The molecule has 0 atom stereocenters. The van der Waals surface area contributed by atoms with E-state index < -0.39 is 0 Å². The predicted molar refractivity (Wildman–Crippen MR) is 136 cm³/mol.